The molecule has 0 unspecified atom stereocenters. The largest absolute Gasteiger partial charge is 0.534 e. The molecule has 7 nitrogen and oxygen atoms in total. The maximum atomic E-state index is 13.8. The van der Waals surface area contributed by atoms with Crippen LogP contribution in [-0.4, -0.2) is 18.5 Å². The summed E-state index contributed by atoms with van der Waals surface area (Å²) in [6, 6.07) is 61.8. The molecule has 294 valence electrons. The lowest BCUT2D eigenvalue weighted by Gasteiger charge is -2.26. The number of fused-ring (bicyclic) bond motifs is 6. The number of halogens is 3. The van der Waals surface area contributed by atoms with Crippen LogP contribution in [-0.2, 0) is 10.1 Å². The molecule has 60 heavy (non-hydrogen) atoms. The second-order valence-electron chi connectivity index (χ2n) is 14.1. The van der Waals surface area contributed by atoms with E-state index in [4.69, 9.17) is 8.60 Å². The molecular weight excluding hydrogens is 784 g/mol. The van der Waals surface area contributed by atoms with E-state index in [-0.39, 0.29) is 5.58 Å². The molecule has 0 atom stereocenters. The van der Waals surface area contributed by atoms with E-state index in [2.05, 4.69) is 51.9 Å². The van der Waals surface area contributed by atoms with Gasteiger partial charge in [-0.05, 0) is 97.1 Å². The van der Waals surface area contributed by atoms with Gasteiger partial charge in [-0.25, -0.2) is 0 Å². The molecule has 0 bridgehead atoms. The minimum absolute atomic E-state index is 0.161. The number of hydrogen-bond donors (Lipinski definition) is 0. The molecular formula is C49H32F3N3O4S. The average molecular weight is 816 g/mol. The van der Waals surface area contributed by atoms with E-state index in [0.29, 0.717) is 27.7 Å². The highest BCUT2D eigenvalue weighted by molar-refractivity contribution is 7.88. The van der Waals surface area contributed by atoms with Crippen LogP contribution in [0.2, 0.25) is 0 Å². The quantitative estimate of drug-likeness (QED) is 0.107. The lowest BCUT2D eigenvalue weighted by Crippen LogP contribution is -2.28. The van der Waals surface area contributed by atoms with Crippen molar-refractivity contribution in [2.45, 2.75) is 5.51 Å². The number of hydrogen-bond acceptors (Lipinski definition) is 6. The Morgan fingerprint density at radius 2 is 1.03 bits per heavy atom. The number of rotatable bonds is 9. The SMILES string of the molecule is O=S(=O)(Oc1ccc(N(c2ccccc2)c2ccccc2)c2c1oc1cc(N(c3ccccc3)c3ccc4c(c3)c3ccccc3n4-c3ccccc3)ccc12)C(F)(F)F. The van der Waals surface area contributed by atoms with Crippen LogP contribution in [0.5, 0.6) is 5.75 Å². The smallest absolute Gasteiger partial charge is 0.452 e. The van der Waals surface area contributed by atoms with Crippen LogP contribution in [0.3, 0.4) is 0 Å². The van der Waals surface area contributed by atoms with Crippen molar-refractivity contribution in [3.05, 3.63) is 194 Å². The zero-order chi connectivity index (χ0) is 41.0. The highest BCUT2D eigenvalue weighted by atomic mass is 32.2. The topological polar surface area (TPSA) is 67.9 Å². The average Bonchev–Trinajstić information content (AvgIpc) is 3.82. The van der Waals surface area contributed by atoms with Crippen molar-refractivity contribution < 1.29 is 30.2 Å². The Morgan fingerprint density at radius 3 is 1.67 bits per heavy atom. The van der Waals surface area contributed by atoms with Gasteiger partial charge in [0.2, 0.25) is 0 Å². The zero-order valence-corrected chi connectivity index (χ0v) is 32.3. The lowest BCUT2D eigenvalue weighted by atomic mass is 10.1. The molecule has 0 amide bonds. The summed E-state index contributed by atoms with van der Waals surface area (Å²) < 4.78 is 79.6. The Bertz CT molecular complexity index is 3260. The van der Waals surface area contributed by atoms with Gasteiger partial charge in [-0.15, -0.1) is 0 Å². The van der Waals surface area contributed by atoms with E-state index in [9.17, 15) is 21.6 Å². The fourth-order valence-electron chi connectivity index (χ4n) is 7.94. The summed E-state index contributed by atoms with van der Waals surface area (Å²) in [6.45, 7) is 0. The van der Waals surface area contributed by atoms with E-state index in [1.807, 2.05) is 138 Å². The Hall–Kier alpha value is -7.50. The molecule has 2 heterocycles. The molecule has 0 aliphatic carbocycles. The third-order valence-corrected chi connectivity index (χ3v) is 11.5. The van der Waals surface area contributed by atoms with E-state index in [1.165, 1.54) is 6.07 Å². The summed E-state index contributed by atoms with van der Waals surface area (Å²) in [5.41, 5.74) is 2.03. The molecule has 8 aromatic carbocycles. The van der Waals surface area contributed by atoms with E-state index in [1.54, 1.807) is 12.1 Å². The van der Waals surface area contributed by atoms with Gasteiger partial charge in [0.15, 0.2) is 11.3 Å². The molecule has 10 rings (SSSR count). The van der Waals surface area contributed by atoms with Gasteiger partial charge < -0.3 is 23.0 Å². The van der Waals surface area contributed by atoms with E-state index < -0.39 is 21.4 Å². The molecule has 0 N–H and O–H groups in total. The first-order valence-electron chi connectivity index (χ1n) is 19.0. The second-order valence-corrected chi connectivity index (χ2v) is 15.7. The van der Waals surface area contributed by atoms with Crippen LogP contribution in [0, 0.1) is 0 Å². The summed E-state index contributed by atoms with van der Waals surface area (Å²) in [5.74, 6) is -0.593. The summed E-state index contributed by atoms with van der Waals surface area (Å²) in [6.07, 6.45) is 0. The van der Waals surface area contributed by atoms with Crippen molar-refractivity contribution in [1.29, 1.82) is 0 Å². The van der Waals surface area contributed by atoms with Gasteiger partial charge in [0, 0.05) is 56.3 Å². The highest BCUT2D eigenvalue weighted by Gasteiger charge is 2.49. The maximum absolute atomic E-state index is 13.8. The Kier molecular flexibility index (Phi) is 8.84. The molecule has 0 saturated carbocycles. The van der Waals surface area contributed by atoms with Crippen molar-refractivity contribution >= 4 is 88.0 Å². The van der Waals surface area contributed by atoms with Crippen LogP contribution in [0.15, 0.2) is 199 Å². The molecule has 0 radical (unpaired) electrons. The minimum Gasteiger partial charge on any atom is -0.452 e. The second kappa shape index (κ2) is 14.4. The monoisotopic (exact) mass is 815 g/mol. The molecule has 11 heteroatoms. The number of anilines is 6. The summed E-state index contributed by atoms with van der Waals surface area (Å²) in [4.78, 5) is 4.01. The van der Waals surface area contributed by atoms with Crippen molar-refractivity contribution in [3.8, 4) is 11.4 Å². The van der Waals surface area contributed by atoms with Gasteiger partial charge in [-0.2, -0.15) is 21.6 Å². The van der Waals surface area contributed by atoms with Crippen LogP contribution in [0.1, 0.15) is 0 Å². The van der Waals surface area contributed by atoms with Gasteiger partial charge >= 0.3 is 15.6 Å². The Labute approximate surface area is 342 Å². The van der Waals surface area contributed by atoms with E-state index >= 15 is 0 Å². The van der Waals surface area contributed by atoms with Crippen LogP contribution >= 0.6 is 0 Å². The summed E-state index contributed by atoms with van der Waals surface area (Å²) in [5, 5.41) is 3.01. The Balaban J connectivity index is 1.20. The van der Waals surface area contributed by atoms with Crippen molar-refractivity contribution in [2.24, 2.45) is 0 Å². The number of furan rings is 1. The first-order chi connectivity index (χ1) is 29.2. The van der Waals surface area contributed by atoms with Gasteiger partial charge in [0.25, 0.3) is 0 Å². The first kappa shape index (κ1) is 36.8. The standard InChI is InChI=1S/C49H32F3N3O4S/c50-49(51,52)60(56,57)59-45-30-29-44(54(34-17-7-2-8-18-34)35-19-9-3-10-20-35)47-40-27-25-38(32-46(40)58-48(45)47)53(33-15-5-1-6-16-33)37-26-28-43-41(31-37)39-23-13-14-24-42(39)55(43)36-21-11-4-12-22-36/h1-32H. The van der Waals surface area contributed by atoms with Gasteiger partial charge in [0.05, 0.1) is 22.1 Å². The predicted molar refractivity (Wildman–Crippen MR) is 233 cm³/mol. The van der Waals surface area contributed by atoms with Gasteiger partial charge in [-0.3, -0.25) is 0 Å². The lowest BCUT2D eigenvalue weighted by molar-refractivity contribution is -0.0499. The van der Waals surface area contributed by atoms with Crippen LogP contribution in [0.25, 0.3) is 49.4 Å². The molecule has 0 aliphatic rings. The molecule has 2 aromatic heterocycles. The first-order valence-corrected chi connectivity index (χ1v) is 20.4. The fourth-order valence-corrected chi connectivity index (χ4v) is 8.41. The van der Waals surface area contributed by atoms with Crippen molar-refractivity contribution in [1.82, 2.24) is 4.57 Å². The number of para-hydroxylation sites is 5. The molecule has 0 spiro atoms. The zero-order valence-electron chi connectivity index (χ0n) is 31.5. The molecule has 0 saturated heterocycles. The summed E-state index contributed by atoms with van der Waals surface area (Å²) >= 11 is 0. The van der Waals surface area contributed by atoms with Crippen LogP contribution < -0.4 is 14.0 Å². The summed E-state index contributed by atoms with van der Waals surface area (Å²) in [7, 11) is -6.04. The molecule has 10 aromatic rings. The Morgan fingerprint density at radius 1 is 0.500 bits per heavy atom. The normalized spacial score (nSPS) is 12.1. The number of nitrogens with zero attached hydrogens (tertiary/aromatic N) is 3. The fraction of sp³-hybridized carbons (Fsp3) is 0.0204. The number of alkyl halides is 3. The van der Waals surface area contributed by atoms with Crippen molar-refractivity contribution in [3.63, 3.8) is 0 Å². The van der Waals surface area contributed by atoms with Gasteiger partial charge in [0.1, 0.15) is 5.58 Å². The highest BCUT2D eigenvalue weighted by Crippen LogP contribution is 2.48. The van der Waals surface area contributed by atoms with Gasteiger partial charge in [-0.1, -0.05) is 91.0 Å². The predicted octanol–water partition coefficient (Wildman–Crippen LogP) is 13.9. The van der Waals surface area contributed by atoms with E-state index in [0.717, 1.165) is 50.2 Å². The third kappa shape index (κ3) is 6.27. The number of benzene rings is 8. The van der Waals surface area contributed by atoms with Crippen molar-refractivity contribution in [2.75, 3.05) is 9.80 Å². The maximum Gasteiger partial charge on any atom is 0.534 e. The minimum atomic E-state index is -6.04. The molecule has 0 aliphatic heterocycles. The van der Waals surface area contributed by atoms with Crippen LogP contribution in [0.4, 0.5) is 47.3 Å². The third-order valence-electron chi connectivity index (χ3n) is 10.5. The molecule has 0 fully saturated rings. The number of aromatic nitrogens is 1.